The van der Waals surface area contributed by atoms with Crippen molar-refractivity contribution >= 4 is 68.6 Å². The first-order chi connectivity index (χ1) is 17.9. The van der Waals surface area contributed by atoms with Crippen LogP contribution in [-0.2, 0) is 14.4 Å². The van der Waals surface area contributed by atoms with Crippen LogP contribution in [0.3, 0.4) is 0 Å². The van der Waals surface area contributed by atoms with E-state index in [2.05, 4.69) is 20.6 Å². The standard InChI is InChI=1S/C24H27N5O5S3/c1-33-18-13-16(5-6-17(18)34-15-21(31)26-23-25-8-12-36-23)14-19-22(32)29(24(35)37-19)27-20(30)7-11-28-9-3-2-4-10-28/h5-6,8,12-14H,2-4,7,9-11,15H2,1H3,(H,27,30)(H,25,26,31). The van der Waals surface area contributed by atoms with Crippen LogP contribution in [-0.4, -0.2) is 70.3 Å². The molecule has 1 aromatic heterocycles. The number of benzene rings is 1. The molecular weight excluding hydrogens is 534 g/mol. The molecule has 2 saturated heterocycles. The van der Waals surface area contributed by atoms with Crippen molar-refractivity contribution in [3.63, 3.8) is 0 Å². The summed E-state index contributed by atoms with van der Waals surface area (Å²) in [4.78, 5) is 44.1. The molecule has 13 heteroatoms. The van der Waals surface area contributed by atoms with Gasteiger partial charge >= 0.3 is 0 Å². The largest absolute Gasteiger partial charge is 0.493 e. The van der Waals surface area contributed by atoms with E-state index in [1.54, 1.807) is 35.9 Å². The van der Waals surface area contributed by atoms with Gasteiger partial charge in [-0.3, -0.25) is 25.1 Å². The maximum Gasteiger partial charge on any atom is 0.285 e. The summed E-state index contributed by atoms with van der Waals surface area (Å²) in [6.45, 7) is 2.46. The van der Waals surface area contributed by atoms with E-state index in [9.17, 15) is 14.4 Å². The number of carbonyl (C=O) groups is 3. The van der Waals surface area contributed by atoms with Crippen LogP contribution >= 0.6 is 35.3 Å². The number of thiazole rings is 1. The minimum Gasteiger partial charge on any atom is -0.493 e. The smallest absolute Gasteiger partial charge is 0.285 e. The van der Waals surface area contributed by atoms with E-state index in [4.69, 9.17) is 21.7 Å². The van der Waals surface area contributed by atoms with Crippen molar-refractivity contribution in [3.05, 3.63) is 40.2 Å². The minimum absolute atomic E-state index is 0.217. The summed E-state index contributed by atoms with van der Waals surface area (Å²) in [5, 5.41) is 6.02. The molecule has 0 radical (unpaired) electrons. The number of thiocarbonyl (C=S) groups is 1. The van der Waals surface area contributed by atoms with Crippen LogP contribution in [0.15, 0.2) is 34.7 Å². The van der Waals surface area contributed by atoms with Gasteiger partial charge in [0.2, 0.25) is 5.91 Å². The van der Waals surface area contributed by atoms with Gasteiger partial charge in [-0.15, -0.1) is 11.3 Å². The predicted octanol–water partition coefficient (Wildman–Crippen LogP) is 3.28. The molecule has 0 atom stereocenters. The second-order valence-electron chi connectivity index (χ2n) is 8.29. The molecule has 2 fully saturated rings. The SMILES string of the molecule is COc1cc(C=C2SC(=S)N(NC(=O)CCN3CCCCC3)C2=O)ccc1OCC(=O)Nc1nccs1. The van der Waals surface area contributed by atoms with Gasteiger partial charge in [-0.25, -0.2) is 4.98 Å². The average molecular weight is 562 g/mol. The lowest BCUT2D eigenvalue weighted by atomic mass is 10.1. The second kappa shape index (κ2) is 13.0. The number of nitrogens with one attached hydrogen (secondary N) is 2. The Kier molecular flexibility index (Phi) is 9.50. The molecule has 10 nitrogen and oxygen atoms in total. The summed E-state index contributed by atoms with van der Waals surface area (Å²) in [6.07, 6.45) is 7.11. The summed E-state index contributed by atoms with van der Waals surface area (Å²) in [5.74, 6) is -0.202. The van der Waals surface area contributed by atoms with Crippen molar-refractivity contribution in [1.29, 1.82) is 0 Å². The number of ether oxygens (including phenoxy) is 2. The number of amides is 3. The van der Waals surface area contributed by atoms with Gasteiger partial charge in [0.25, 0.3) is 11.8 Å². The summed E-state index contributed by atoms with van der Waals surface area (Å²) >= 11 is 7.75. The number of hydrazine groups is 1. The minimum atomic E-state index is -0.389. The Morgan fingerprint density at radius 1 is 1.19 bits per heavy atom. The Bertz CT molecular complexity index is 1180. The Labute approximate surface area is 228 Å². The molecule has 3 heterocycles. The fourth-order valence-electron chi connectivity index (χ4n) is 3.82. The van der Waals surface area contributed by atoms with E-state index < -0.39 is 0 Å². The third kappa shape index (κ3) is 7.51. The zero-order chi connectivity index (χ0) is 26.2. The molecule has 2 N–H and O–H groups in total. The van der Waals surface area contributed by atoms with Crippen molar-refractivity contribution in [2.75, 3.05) is 38.7 Å². The summed E-state index contributed by atoms with van der Waals surface area (Å²) in [7, 11) is 1.49. The molecular formula is C24H27N5O5S3. The molecule has 196 valence electrons. The van der Waals surface area contributed by atoms with Crippen LogP contribution < -0.4 is 20.2 Å². The number of aromatic nitrogens is 1. The number of piperidine rings is 1. The van der Waals surface area contributed by atoms with Crippen LogP contribution in [0.5, 0.6) is 11.5 Å². The number of likely N-dealkylation sites (tertiary alicyclic amines) is 1. The van der Waals surface area contributed by atoms with Gasteiger partial charge in [-0.2, -0.15) is 5.01 Å². The van der Waals surface area contributed by atoms with Crippen molar-refractivity contribution in [2.45, 2.75) is 25.7 Å². The first-order valence-electron chi connectivity index (χ1n) is 11.7. The molecule has 0 unspecified atom stereocenters. The molecule has 0 bridgehead atoms. The first-order valence-corrected chi connectivity index (χ1v) is 13.8. The normalized spacial score (nSPS) is 17.2. The van der Waals surface area contributed by atoms with Gasteiger partial charge in [0.05, 0.1) is 12.0 Å². The van der Waals surface area contributed by atoms with Gasteiger partial charge in [0.1, 0.15) is 0 Å². The lowest BCUT2D eigenvalue weighted by Gasteiger charge is -2.26. The van der Waals surface area contributed by atoms with Crippen LogP contribution in [0.25, 0.3) is 6.08 Å². The maximum absolute atomic E-state index is 12.9. The third-order valence-electron chi connectivity index (χ3n) is 5.66. The fourth-order valence-corrected chi connectivity index (χ4v) is 5.54. The van der Waals surface area contributed by atoms with Gasteiger partial charge < -0.3 is 14.4 Å². The van der Waals surface area contributed by atoms with Crippen molar-refractivity contribution < 1.29 is 23.9 Å². The number of rotatable bonds is 10. The lowest BCUT2D eigenvalue weighted by molar-refractivity contribution is -0.133. The predicted molar refractivity (Wildman–Crippen MR) is 147 cm³/mol. The highest BCUT2D eigenvalue weighted by atomic mass is 32.2. The van der Waals surface area contributed by atoms with Crippen molar-refractivity contribution in [2.24, 2.45) is 0 Å². The monoisotopic (exact) mass is 561 g/mol. The molecule has 0 aliphatic carbocycles. The third-order valence-corrected chi connectivity index (χ3v) is 7.65. The van der Waals surface area contributed by atoms with Crippen molar-refractivity contribution in [3.8, 4) is 11.5 Å². The summed E-state index contributed by atoms with van der Waals surface area (Å²) < 4.78 is 11.3. The average Bonchev–Trinajstić information content (AvgIpc) is 3.50. The van der Waals surface area contributed by atoms with Crippen LogP contribution in [0, 0.1) is 0 Å². The molecule has 3 amide bonds. The summed E-state index contributed by atoms with van der Waals surface area (Å²) in [5.41, 5.74) is 3.31. The highest BCUT2D eigenvalue weighted by Gasteiger charge is 2.33. The summed E-state index contributed by atoms with van der Waals surface area (Å²) in [6, 6.07) is 5.09. The van der Waals surface area contributed by atoms with Crippen LogP contribution in [0.4, 0.5) is 5.13 Å². The molecule has 0 saturated carbocycles. The number of methoxy groups -OCH3 is 1. The quantitative estimate of drug-likeness (QED) is 0.333. The number of hydrogen-bond donors (Lipinski definition) is 2. The Morgan fingerprint density at radius 3 is 2.73 bits per heavy atom. The number of nitrogens with zero attached hydrogens (tertiary/aromatic N) is 3. The van der Waals surface area contributed by atoms with E-state index in [0.717, 1.165) is 42.7 Å². The second-order valence-corrected chi connectivity index (χ2v) is 10.9. The number of anilines is 1. The highest BCUT2D eigenvalue weighted by molar-refractivity contribution is 8.26. The number of thioether (sulfide) groups is 1. The van der Waals surface area contributed by atoms with Crippen LogP contribution in [0.2, 0.25) is 0 Å². The lowest BCUT2D eigenvalue weighted by Crippen LogP contribution is -2.46. The number of carbonyl (C=O) groups excluding carboxylic acids is 3. The number of hydrogen-bond acceptors (Lipinski definition) is 10. The van der Waals surface area contributed by atoms with E-state index in [-0.39, 0.29) is 28.6 Å². The highest BCUT2D eigenvalue weighted by Crippen LogP contribution is 2.34. The first kappa shape index (κ1) is 27.0. The zero-order valence-corrected chi connectivity index (χ0v) is 22.7. The van der Waals surface area contributed by atoms with E-state index >= 15 is 0 Å². The van der Waals surface area contributed by atoms with Gasteiger partial charge in [0, 0.05) is 24.5 Å². The molecule has 37 heavy (non-hydrogen) atoms. The Morgan fingerprint density at radius 2 is 2.00 bits per heavy atom. The fraction of sp³-hybridized carbons (Fsp3) is 0.375. The molecule has 1 aromatic carbocycles. The molecule has 2 aromatic rings. The Balaban J connectivity index is 1.33. The zero-order valence-electron chi connectivity index (χ0n) is 20.2. The van der Waals surface area contributed by atoms with E-state index in [1.807, 2.05) is 0 Å². The maximum atomic E-state index is 12.9. The molecule has 4 rings (SSSR count). The van der Waals surface area contributed by atoms with E-state index in [1.165, 1.54) is 24.9 Å². The Hall–Kier alpha value is -3.00. The van der Waals surface area contributed by atoms with E-state index in [0.29, 0.717) is 40.1 Å². The van der Waals surface area contributed by atoms with Crippen LogP contribution in [0.1, 0.15) is 31.2 Å². The van der Waals surface area contributed by atoms with Gasteiger partial charge in [0.15, 0.2) is 27.6 Å². The molecule has 2 aliphatic heterocycles. The van der Waals surface area contributed by atoms with Crippen molar-refractivity contribution in [1.82, 2.24) is 20.3 Å². The molecule has 2 aliphatic rings. The molecule has 0 spiro atoms. The van der Waals surface area contributed by atoms with Gasteiger partial charge in [-0.1, -0.05) is 24.2 Å². The van der Waals surface area contributed by atoms with Gasteiger partial charge in [-0.05, 0) is 61.9 Å². The topological polar surface area (TPSA) is 113 Å².